The number of hydrogen-bond acceptors (Lipinski definition) is 3. The topological polar surface area (TPSA) is 95.4 Å². The van der Waals surface area contributed by atoms with E-state index in [1.54, 1.807) is 14.0 Å². The van der Waals surface area contributed by atoms with Crippen molar-refractivity contribution in [2.24, 2.45) is 0 Å². The summed E-state index contributed by atoms with van der Waals surface area (Å²) in [5.41, 5.74) is 0.563. The summed E-state index contributed by atoms with van der Waals surface area (Å²) in [6.45, 7) is 4.04. The second-order valence-corrected chi connectivity index (χ2v) is 4.87. The third-order valence-electron chi connectivity index (χ3n) is 3.56. The maximum Gasteiger partial charge on any atom is 0.335 e. The molecule has 1 aromatic heterocycles. The fourth-order valence-electron chi connectivity index (χ4n) is 2.23. The molecular weight excluding hydrogens is 274 g/mol. The van der Waals surface area contributed by atoms with Crippen LogP contribution in [0.25, 0.3) is 11.0 Å². The van der Waals surface area contributed by atoms with Gasteiger partial charge in [-0.15, -0.1) is 0 Å². The van der Waals surface area contributed by atoms with E-state index in [-0.39, 0.29) is 11.5 Å². The molecule has 0 fully saturated rings. The van der Waals surface area contributed by atoms with E-state index in [1.807, 2.05) is 6.92 Å². The number of aromatic carboxylic acids is 1. The average molecular weight is 291 g/mol. The number of aromatic amines is 1. The second kappa shape index (κ2) is 5.43. The van der Waals surface area contributed by atoms with Crippen molar-refractivity contribution in [1.29, 1.82) is 0 Å². The SMILES string of the molecule is CCN(C)C(=O)C(C)n1c(=O)[nH]c2cc(C(=O)O)ccc21. The first-order chi connectivity index (χ1) is 9.86. The summed E-state index contributed by atoms with van der Waals surface area (Å²) >= 11 is 0. The Morgan fingerprint density at radius 3 is 2.67 bits per heavy atom. The molecule has 0 bridgehead atoms. The number of imidazole rings is 1. The molecule has 0 aliphatic rings. The Balaban J connectivity index is 2.54. The lowest BCUT2D eigenvalue weighted by atomic mass is 10.2. The van der Waals surface area contributed by atoms with Gasteiger partial charge in [-0.25, -0.2) is 9.59 Å². The first kappa shape index (κ1) is 14.8. The summed E-state index contributed by atoms with van der Waals surface area (Å²) in [6, 6.07) is 3.67. The van der Waals surface area contributed by atoms with E-state index in [2.05, 4.69) is 4.98 Å². The van der Waals surface area contributed by atoms with Crippen LogP contribution < -0.4 is 5.69 Å². The van der Waals surface area contributed by atoms with Crippen LogP contribution in [0.3, 0.4) is 0 Å². The van der Waals surface area contributed by atoms with E-state index in [4.69, 9.17) is 5.11 Å². The van der Waals surface area contributed by atoms with Crippen molar-refractivity contribution >= 4 is 22.9 Å². The van der Waals surface area contributed by atoms with Gasteiger partial charge in [0.25, 0.3) is 0 Å². The Bertz CT molecular complexity index is 759. The molecular formula is C14H17N3O4. The Morgan fingerprint density at radius 1 is 1.43 bits per heavy atom. The molecule has 0 aliphatic carbocycles. The first-order valence-electron chi connectivity index (χ1n) is 6.59. The van der Waals surface area contributed by atoms with E-state index in [1.165, 1.54) is 27.7 Å². The molecule has 1 heterocycles. The van der Waals surface area contributed by atoms with Crippen molar-refractivity contribution in [2.75, 3.05) is 13.6 Å². The van der Waals surface area contributed by atoms with Crippen LogP contribution >= 0.6 is 0 Å². The minimum absolute atomic E-state index is 0.0838. The van der Waals surface area contributed by atoms with Crippen LogP contribution in [0.1, 0.15) is 30.2 Å². The first-order valence-corrected chi connectivity index (χ1v) is 6.59. The summed E-state index contributed by atoms with van der Waals surface area (Å²) in [4.78, 5) is 39.3. The van der Waals surface area contributed by atoms with Gasteiger partial charge in [-0.1, -0.05) is 0 Å². The highest BCUT2D eigenvalue weighted by atomic mass is 16.4. The summed E-state index contributed by atoms with van der Waals surface area (Å²) in [6.07, 6.45) is 0. The number of carboxylic acids is 1. The predicted octanol–water partition coefficient (Wildman–Crippen LogP) is 1.07. The van der Waals surface area contributed by atoms with E-state index in [0.717, 1.165) is 0 Å². The fourth-order valence-corrected chi connectivity index (χ4v) is 2.23. The average Bonchev–Trinajstić information content (AvgIpc) is 2.79. The molecule has 7 nitrogen and oxygen atoms in total. The standard InChI is InChI=1S/C14H17N3O4/c1-4-16(3)12(18)8(2)17-11-6-5-9(13(19)20)7-10(11)15-14(17)21/h5-8H,4H2,1-3H3,(H,15,21)(H,19,20). The number of nitrogens with zero attached hydrogens (tertiary/aromatic N) is 2. The summed E-state index contributed by atoms with van der Waals surface area (Å²) in [7, 11) is 1.67. The van der Waals surface area contributed by atoms with Gasteiger partial charge in [-0.2, -0.15) is 0 Å². The van der Waals surface area contributed by atoms with Crippen molar-refractivity contribution in [1.82, 2.24) is 14.5 Å². The molecule has 2 N–H and O–H groups in total. The third kappa shape index (κ3) is 2.54. The Morgan fingerprint density at radius 2 is 2.10 bits per heavy atom. The number of carboxylic acid groups (broad SMARTS) is 1. The van der Waals surface area contributed by atoms with Crippen molar-refractivity contribution in [3.8, 4) is 0 Å². The molecule has 7 heteroatoms. The van der Waals surface area contributed by atoms with Crippen molar-refractivity contribution in [3.63, 3.8) is 0 Å². The van der Waals surface area contributed by atoms with E-state index in [9.17, 15) is 14.4 Å². The van der Waals surface area contributed by atoms with Crippen molar-refractivity contribution < 1.29 is 14.7 Å². The minimum atomic E-state index is -1.07. The zero-order valence-corrected chi connectivity index (χ0v) is 12.1. The van der Waals surface area contributed by atoms with Crippen LogP contribution in [0.4, 0.5) is 0 Å². The van der Waals surface area contributed by atoms with Gasteiger partial charge in [0.1, 0.15) is 6.04 Å². The second-order valence-electron chi connectivity index (χ2n) is 4.87. The van der Waals surface area contributed by atoms with Crippen LogP contribution in [-0.4, -0.2) is 45.0 Å². The molecule has 1 aromatic carbocycles. The molecule has 2 rings (SSSR count). The van der Waals surface area contributed by atoms with Crippen LogP contribution in [0, 0.1) is 0 Å². The van der Waals surface area contributed by atoms with Gasteiger partial charge >= 0.3 is 11.7 Å². The van der Waals surface area contributed by atoms with E-state index < -0.39 is 17.7 Å². The number of H-pyrrole nitrogens is 1. The largest absolute Gasteiger partial charge is 0.478 e. The van der Waals surface area contributed by atoms with Crippen LogP contribution in [0.15, 0.2) is 23.0 Å². The quantitative estimate of drug-likeness (QED) is 0.880. The maximum absolute atomic E-state index is 12.2. The Kier molecular flexibility index (Phi) is 3.84. The number of amides is 1. The van der Waals surface area contributed by atoms with E-state index >= 15 is 0 Å². The number of benzene rings is 1. The lowest BCUT2D eigenvalue weighted by molar-refractivity contribution is -0.132. The van der Waals surface area contributed by atoms with Gasteiger partial charge in [0.15, 0.2) is 0 Å². The number of fused-ring (bicyclic) bond motifs is 1. The Hall–Kier alpha value is -2.57. The molecule has 0 aliphatic heterocycles. The molecule has 0 spiro atoms. The molecule has 1 unspecified atom stereocenters. The van der Waals surface area contributed by atoms with E-state index in [0.29, 0.717) is 17.6 Å². The smallest absolute Gasteiger partial charge is 0.335 e. The summed E-state index contributed by atoms with van der Waals surface area (Å²) in [5, 5.41) is 8.96. The Labute approximate surface area is 120 Å². The summed E-state index contributed by atoms with van der Waals surface area (Å²) < 4.78 is 1.34. The number of nitrogens with one attached hydrogen (secondary N) is 1. The third-order valence-corrected chi connectivity index (χ3v) is 3.56. The van der Waals surface area contributed by atoms with Gasteiger partial charge in [-0.05, 0) is 32.0 Å². The molecule has 0 radical (unpaired) electrons. The zero-order valence-electron chi connectivity index (χ0n) is 12.1. The predicted molar refractivity (Wildman–Crippen MR) is 77.5 cm³/mol. The zero-order chi connectivity index (χ0) is 15.7. The van der Waals surface area contributed by atoms with Crippen molar-refractivity contribution in [3.05, 3.63) is 34.2 Å². The van der Waals surface area contributed by atoms with Gasteiger partial charge < -0.3 is 15.0 Å². The molecule has 1 atom stereocenters. The molecule has 21 heavy (non-hydrogen) atoms. The molecule has 0 saturated heterocycles. The van der Waals surface area contributed by atoms with Gasteiger partial charge in [0, 0.05) is 13.6 Å². The highest BCUT2D eigenvalue weighted by molar-refractivity contribution is 5.92. The van der Waals surface area contributed by atoms with Gasteiger partial charge in [0.2, 0.25) is 5.91 Å². The van der Waals surface area contributed by atoms with Crippen LogP contribution in [0.5, 0.6) is 0 Å². The molecule has 0 saturated carbocycles. The number of rotatable bonds is 4. The fraction of sp³-hybridized carbons (Fsp3) is 0.357. The monoisotopic (exact) mass is 291 g/mol. The number of carbonyl (C=O) groups excluding carboxylic acids is 1. The summed E-state index contributed by atoms with van der Waals surface area (Å²) in [5.74, 6) is -1.25. The molecule has 2 aromatic rings. The van der Waals surface area contributed by atoms with Crippen LogP contribution in [0.2, 0.25) is 0 Å². The molecule has 1 amide bonds. The lowest BCUT2D eigenvalue weighted by Gasteiger charge is -2.20. The normalized spacial score (nSPS) is 12.3. The van der Waals surface area contributed by atoms with Gasteiger partial charge in [0.05, 0.1) is 16.6 Å². The lowest BCUT2D eigenvalue weighted by Crippen LogP contribution is -2.36. The number of likely N-dealkylation sites (N-methyl/N-ethyl adjacent to an activating group) is 1. The van der Waals surface area contributed by atoms with Crippen molar-refractivity contribution in [2.45, 2.75) is 19.9 Å². The number of carbonyl (C=O) groups is 2. The maximum atomic E-state index is 12.2. The van der Waals surface area contributed by atoms with Gasteiger partial charge in [-0.3, -0.25) is 9.36 Å². The highest BCUT2D eigenvalue weighted by Crippen LogP contribution is 2.18. The molecule has 112 valence electrons. The minimum Gasteiger partial charge on any atom is -0.478 e. The number of hydrogen-bond donors (Lipinski definition) is 2. The number of aromatic nitrogens is 2. The van der Waals surface area contributed by atoms with Crippen LogP contribution in [-0.2, 0) is 4.79 Å². The highest BCUT2D eigenvalue weighted by Gasteiger charge is 2.22.